The van der Waals surface area contributed by atoms with Crippen molar-refractivity contribution in [1.29, 1.82) is 0 Å². The second kappa shape index (κ2) is 11.8. The molecule has 5 heteroatoms. The van der Waals surface area contributed by atoms with E-state index in [1.807, 2.05) is 36.0 Å². The van der Waals surface area contributed by atoms with Gasteiger partial charge in [-0.15, -0.1) is 0 Å². The third-order valence-electron chi connectivity index (χ3n) is 8.49. The first-order valence-corrected chi connectivity index (χ1v) is 15.3. The summed E-state index contributed by atoms with van der Waals surface area (Å²) in [6.07, 6.45) is 8.70. The van der Waals surface area contributed by atoms with Crippen LogP contribution in [0.3, 0.4) is 0 Å². The van der Waals surface area contributed by atoms with Crippen molar-refractivity contribution in [2.24, 2.45) is 0 Å². The van der Waals surface area contributed by atoms with Crippen LogP contribution in [0, 0.1) is 13.8 Å². The van der Waals surface area contributed by atoms with Crippen LogP contribution in [-0.4, -0.2) is 14.8 Å². The van der Waals surface area contributed by atoms with E-state index in [2.05, 4.69) is 98.5 Å². The smallest absolute Gasteiger partial charge is 0.151 e. The summed E-state index contributed by atoms with van der Waals surface area (Å²) in [7, 11) is 0. The van der Waals surface area contributed by atoms with Crippen LogP contribution < -0.4 is 9.64 Å². The van der Waals surface area contributed by atoms with Crippen LogP contribution in [0.25, 0.3) is 5.69 Å². The van der Waals surface area contributed by atoms with Gasteiger partial charge in [-0.25, -0.2) is 4.68 Å². The van der Waals surface area contributed by atoms with Gasteiger partial charge in [0.05, 0.1) is 28.5 Å². The quantitative estimate of drug-likeness (QED) is 0.168. The molecule has 0 amide bonds. The van der Waals surface area contributed by atoms with E-state index in [1.54, 1.807) is 0 Å². The fraction of sp³-hybridized carbons (Fsp3) is 0.297. The summed E-state index contributed by atoms with van der Waals surface area (Å²) in [6, 6.07) is 32.2. The summed E-state index contributed by atoms with van der Waals surface area (Å²) in [5, 5.41) is 4.76. The number of rotatable bonds is 10. The molecule has 214 valence electrons. The highest BCUT2D eigenvalue weighted by Crippen LogP contribution is 2.52. The van der Waals surface area contributed by atoms with Crippen molar-refractivity contribution in [2.45, 2.75) is 71.6 Å². The lowest BCUT2D eigenvalue weighted by atomic mass is 9.70. The number of pyridine rings is 1. The summed E-state index contributed by atoms with van der Waals surface area (Å²) < 4.78 is 8.45. The molecule has 2 aromatic heterocycles. The molecule has 5 nitrogen and oxygen atoms in total. The molecule has 5 aromatic rings. The Morgan fingerprint density at radius 3 is 2.19 bits per heavy atom. The maximum Gasteiger partial charge on any atom is 0.151 e. The first-order valence-electron chi connectivity index (χ1n) is 15.3. The average Bonchev–Trinajstić information content (AvgIpc) is 3.37. The zero-order chi connectivity index (χ0) is 29.1. The number of hydrogen-bond donors (Lipinski definition) is 0. The Morgan fingerprint density at radius 2 is 1.48 bits per heavy atom. The van der Waals surface area contributed by atoms with E-state index in [9.17, 15) is 0 Å². The number of benzene rings is 3. The fourth-order valence-electron chi connectivity index (χ4n) is 6.41. The minimum Gasteiger partial charge on any atom is -0.453 e. The molecule has 0 bridgehead atoms. The lowest BCUT2D eigenvalue weighted by molar-refractivity contribution is 0.396. The van der Waals surface area contributed by atoms with Gasteiger partial charge in [-0.05, 0) is 92.9 Å². The number of ether oxygens (including phenoxy) is 1. The van der Waals surface area contributed by atoms with Crippen molar-refractivity contribution in [3.63, 3.8) is 0 Å². The molecule has 6 rings (SSSR count). The van der Waals surface area contributed by atoms with Gasteiger partial charge in [-0.1, -0.05) is 69.9 Å². The highest BCUT2D eigenvalue weighted by molar-refractivity contribution is 5.87. The summed E-state index contributed by atoms with van der Waals surface area (Å²) in [5.41, 5.74) is 8.59. The Kier molecular flexibility index (Phi) is 7.84. The van der Waals surface area contributed by atoms with Crippen LogP contribution >= 0.6 is 0 Å². The number of hydrogen-bond acceptors (Lipinski definition) is 4. The topological polar surface area (TPSA) is 43.2 Å². The average molecular weight is 557 g/mol. The van der Waals surface area contributed by atoms with Gasteiger partial charge < -0.3 is 9.64 Å². The molecule has 0 saturated heterocycles. The number of anilines is 3. The Balaban J connectivity index is 1.53. The van der Waals surface area contributed by atoms with E-state index in [-0.39, 0.29) is 5.41 Å². The SMILES string of the molecule is CCCCC(CCCC)(c1cccc(N2c3ccccc3Oc3ccc(-n4nc(C)cc4C)cc32)c1)c1ccccn1. The van der Waals surface area contributed by atoms with Crippen LogP contribution in [0.4, 0.5) is 17.1 Å². The molecule has 0 unspecified atom stereocenters. The molecule has 1 aliphatic rings. The van der Waals surface area contributed by atoms with Crippen LogP contribution in [0.2, 0.25) is 0 Å². The van der Waals surface area contributed by atoms with Crippen LogP contribution in [0.5, 0.6) is 11.5 Å². The third kappa shape index (κ3) is 5.09. The number of fused-ring (bicyclic) bond motifs is 2. The molecule has 0 atom stereocenters. The normalized spacial score (nSPS) is 12.5. The Hall–Kier alpha value is -4.38. The van der Waals surface area contributed by atoms with Gasteiger partial charge in [0, 0.05) is 23.0 Å². The maximum absolute atomic E-state index is 6.45. The van der Waals surface area contributed by atoms with E-state index in [0.29, 0.717) is 0 Å². The minimum absolute atomic E-state index is 0.149. The van der Waals surface area contributed by atoms with Crippen LogP contribution in [-0.2, 0) is 5.41 Å². The van der Waals surface area contributed by atoms with Crippen molar-refractivity contribution in [1.82, 2.24) is 14.8 Å². The number of aromatic nitrogens is 3. The number of nitrogens with zero attached hydrogens (tertiary/aromatic N) is 4. The van der Waals surface area contributed by atoms with Gasteiger partial charge in [-0.2, -0.15) is 5.10 Å². The van der Waals surface area contributed by atoms with E-state index in [4.69, 9.17) is 14.8 Å². The van der Waals surface area contributed by atoms with Gasteiger partial charge >= 0.3 is 0 Å². The van der Waals surface area contributed by atoms with E-state index >= 15 is 0 Å². The molecule has 0 saturated carbocycles. The molecule has 3 heterocycles. The lowest BCUT2D eigenvalue weighted by Crippen LogP contribution is -2.29. The van der Waals surface area contributed by atoms with Crippen LogP contribution in [0.15, 0.2) is 97.2 Å². The molecule has 0 N–H and O–H groups in total. The number of para-hydroxylation sites is 2. The van der Waals surface area contributed by atoms with Gasteiger partial charge in [-0.3, -0.25) is 4.98 Å². The van der Waals surface area contributed by atoms with E-state index in [0.717, 1.165) is 84.2 Å². The standard InChI is InChI=1S/C37H40N4O/c1-5-7-21-37(22-8-6-2,36-18-11-12-23-38-36)29-14-13-15-30(25-29)40-32-16-9-10-17-34(32)42-35-20-19-31(26-33(35)40)41-28(4)24-27(3)39-41/h9-20,23-26H,5-8,21-22H2,1-4H3. The number of aryl methyl sites for hydroxylation is 2. The fourth-order valence-corrected chi connectivity index (χ4v) is 6.41. The van der Waals surface area contributed by atoms with Crippen molar-refractivity contribution in [3.8, 4) is 17.2 Å². The van der Waals surface area contributed by atoms with Crippen molar-refractivity contribution in [2.75, 3.05) is 4.90 Å². The zero-order valence-electron chi connectivity index (χ0n) is 25.2. The van der Waals surface area contributed by atoms with E-state index in [1.165, 1.54) is 11.3 Å². The Bertz CT molecular complexity index is 1660. The molecule has 3 aromatic carbocycles. The minimum atomic E-state index is -0.149. The van der Waals surface area contributed by atoms with Crippen molar-refractivity contribution < 1.29 is 4.74 Å². The molecule has 0 radical (unpaired) electrons. The summed E-state index contributed by atoms with van der Waals surface area (Å²) in [4.78, 5) is 7.30. The van der Waals surface area contributed by atoms with Gasteiger partial charge in [0.1, 0.15) is 0 Å². The second-order valence-corrected chi connectivity index (χ2v) is 11.5. The highest BCUT2D eigenvalue weighted by Gasteiger charge is 2.35. The summed E-state index contributed by atoms with van der Waals surface area (Å²) in [5.74, 6) is 1.68. The summed E-state index contributed by atoms with van der Waals surface area (Å²) in [6.45, 7) is 8.68. The molecular weight excluding hydrogens is 516 g/mol. The van der Waals surface area contributed by atoms with Crippen LogP contribution in [0.1, 0.15) is 75.0 Å². The number of unbranched alkanes of at least 4 members (excludes halogenated alkanes) is 2. The van der Waals surface area contributed by atoms with Crippen molar-refractivity contribution >= 4 is 17.1 Å². The predicted molar refractivity (Wildman–Crippen MR) is 172 cm³/mol. The van der Waals surface area contributed by atoms with E-state index < -0.39 is 0 Å². The Morgan fingerprint density at radius 1 is 0.714 bits per heavy atom. The molecule has 1 aliphatic heterocycles. The predicted octanol–water partition coefficient (Wildman–Crippen LogP) is 10.1. The molecule has 0 aliphatic carbocycles. The van der Waals surface area contributed by atoms with Gasteiger partial charge in [0.25, 0.3) is 0 Å². The van der Waals surface area contributed by atoms with Gasteiger partial charge in [0.2, 0.25) is 0 Å². The molecular formula is C37H40N4O. The zero-order valence-corrected chi connectivity index (χ0v) is 25.2. The molecule has 42 heavy (non-hydrogen) atoms. The third-order valence-corrected chi connectivity index (χ3v) is 8.49. The Labute approximate surface area is 249 Å². The largest absolute Gasteiger partial charge is 0.453 e. The lowest BCUT2D eigenvalue weighted by Gasteiger charge is -2.37. The van der Waals surface area contributed by atoms with Gasteiger partial charge in [0.15, 0.2) is 11.5 Å². The maximum atomic E-state index is 6.45. The summed E-state index contributed by atoms with van der Waals surface area (Å²) >= 11 is 0. The first-order chi connectivity index (χ1) is 20.5. The second-order valence-electron chi connectivity index (χ2n) is 11.5. The molecule has 0 spiro atoms. The first kappa shape index (κ1) is 27.8. The monoisotopic (exact) mass is 556 g/mol. The highest BCUT2D eigenvalue weighted by atomic mass is 16.5. The molecule has 0 fully saturated rings. The van der Waals surface area contributed by atoms with Crippen molar-refractivity contribution in [3.05, 3.63) is 120 Å².